The molecule has 2 aliphatic rings. The van der Waals surface area contributed by atoms with E-state index in [0.717, 1.165) is 25.0 Å². The monoisotopic (exact) mass is 240 g/mol. The van der Waals surface area contributed by atoms with Gasteiger partial charge in [-0.2, -0.15) is 0 Å². The van der Waals surface area contributed by atoms with Gasteiger partial charge in [-0.05, 0) is 57.2 Å². The van der Waals surface area contributed by atoms with Crippen molar-refractivity contribution in [2.45, 2.75) is 32.6 Å². The van der Waals surface area contributed by atoms with Gasteiger partial charge in [-0.3, -0.25) is 0 Å². The van der Waals surface area contributed by atoms with E-state index < -0.39 is 0 Å². The van der Waals surface area contributed by atoms with Crippen molar-refractivity contribution in [3.8, 4) is 0 Å². The second kappa shape index (κ2) is 7.34. The Morgan fingerprint density at radius 1 is 1.35 bits per heavy atom. The van der Waals surface area contributed by atoms with Crippen molar-refractivity contribution in [1.82, 2.24) is 10.2 Å². The van der Waals surface area contributed by atoms with E-state index in [9.17, 15) is 0 Å². The molecule has 1 saturated carbocycles. The van der Waals surface area contributed by atoms with Crippen LogP contribution in [0.15, 0.2) is 0 Å². The maximum atomic E-state index is 5.69. The van der Waals surface area contributed by atoms with Crippen molar-refractivity contribution in [2.24, 2.45) is 11.8 Å². The van der Waals surface area contributed by atoms with Crippen LogP contribution in [0.2, 0.25) is 0 Å². The average Bonchev–Trinajstić information content (AvgIpc) is 3.08. The molecule has 100 valence electrons. The lowest BCUT2D eigenvalue weighted by Gasteiger charge is -2.28. The Bertz CT molecular complexity index is 206. The molecule has 0 bridgehead atoms. The van der Waals surface area contributed by atoms with E-state index in [1.165, 1.54) is 58.4 Å². The molecule has 1 heterocycles. The summed E-state index contributed by atoms with van der Waals surface area (Å²) in [4.78, 5) is 2.62. The molecular weight excluding hydrogens is 212 g/mol. The molecule has 3 nitrogen and oxygen atoms in total. The predicted octanol–water partition coefficient (Wildman–Crippen LogP) is 1.73. The molecule has 1 aliphatic heterocycles. The van der Waals surface area contributed by atoms with E-state index in [2.05, 4.69) is 17.1 Å². The zero-order valence-electron chi connectivity index (χ0n) is 11.3. The standard InChI is InChI=1S/C14H28N2O/c1-13-10-15-6-2-7-16(11-13)8-3-9-17-12-14-4-5-14/h13-15H,2-12H2,1H3. The third kappa shape index (κ3) is 5.84. The quantitative estimate of drug-likeness (QED) is 0.716. The fourth-order valence-electron chi connectivity index (χ4n) is 2.50. The van der Waals surface area contributed by atoms with Gasteiger partial charge in [0, 0.05) is 26.3 Å². The fourth-order valence-corrected chi connectivity index (χ4v) is 2.50. The van der Waals surface area contributed by atoms with Crippen molar-refractivity contribution >= 4 is 0 Å². The highest BCUT2D eigenvalue weighted by Gasteiger charge is 2.21. The summed E-state index contributed by atoms with van der Waals surface area (Å²) >= 11 is 0. The summed E-state index contributed by atoms with van der Waals surface area (Å²) < 4.78 is 5.69. The molecule has 1 N–H and O–H groups in total. The summed E-state index contributed by atoms with van der Waals surface area (Å²) in [6.45, 7) is 10.4. The van der Waals surface area contributed by atoms with Gasteiger partial charge in [0.2, 0.25) is 0 Å². The first-order chi connectivity index (χ1) is 8.34. The Hall–Kier alpha value is -0.120. The number of nitrogens with one attached hydrogen (secondary N) is 1. The minimum atomic E-state index is 0.780. The Labute approximate surface area is 106 Å². The van der Waals surface area contributed by atoms with Crippen molar-refractivity contribution in [3.63, 3.8) is 0 Å². The van der Waals surface area contributed by atoms with Crippen LogP contribution in [0.25, 0.3) is 0 Å². The number of ether oxygens (including phenoxy) is 1. The molecule has 0 amide bonds. The molecule has 0 radical (unpaired) electrons. The Kier molecular flexibility index (Phi) is 5.75. The molecule has 2 fully saturated rings. The van der Waals surface area contributed by atoms with E-state index in [-0.39, 0.29) is 0 Å². The van der Waals surface area contributed by atoms with Gasteiger partial charge in [0.25, 0.3) is 0 Å². The summed E-state index contributed by atoms with van der Waals surface area (Å²) in [5, 5.41) is 3.50. The molecule has 0 aromatic rings. The Balaban J connectivity index is 1.52. The number of hydrogen-bond donors (Lipinski definition) is 1. The van der Waals surface area contributed by atoms with Crippen LogP contribution in [-0.4, -0.2) is 50.8 Å². The second-order valence-corrected chi connectivity index (χ2v) is 5.84. The number of nitrogens with zero attached hydrogens (tertiary/aromatic N) is 1. The summed E-state index contributed by atoms with van der Waals surface area (Å²) in [6, 6.07) is 0. The lowest BCUT2D eigenvalue weighted by molar-refractivity contribution is 0.108. The van der Waals surface area contributed by atoms with E-state index in [1.54, 1.807) is 0 Å². The van der Waals surface area contributed by atoms with Gasteiger partial charge in [-0.25, -0.2) is 0 Å². The molecule has 1 aliphatic carbocycles. The first kappa shape index (κ1) is 13.3. The summed E-state index contributed by atoms with van der Waals surface area (Å²) in [5.74, 6) is 1.69. The van der Waals surface area contributed by atoms with Gasteiger partial charge < -0.3 is 15.0 Å². The topological polar surface area (TPSA) is 24.5 Å². The van der Waals surface area contributed by atoms with Gasteiger partial charge in [-0.1, -0.05) is 6.92 Å². The van der Waals surface area contributed by atoms with E-state index in [4.69, 9.17) is 4.74 Å². The van der Waals surface area contributed by atoms with Gasteiger partial charge in [0.05, 0.1) is 0 Å². The largest absolute Gasteiger partial charge is 0.381 e. The van der Waals surface area contributed by atoms with E-state index in [1.807, 2.05) is 0 Å². The van der Waals surface area contributed by atoms with Crippen molar-refractivity contribution in [3.05, 3.63) is 0 Å². The van der Waals surface area contributed by atoms with Crippen LogP contribution in [0.3, 0.4) is 0 Å². The van der Waals surface area contributed by atoms with Crippen LogP contribution in [0.4, 0.5) is 0 Å². The third-order valence-corrected chi connectivity index (χ3v) is 3.70. The normalized spacial score (nSPS) is 27.7. The lowest BCUT2D eigenvalue weighted by Crippen LogP contribution is -2.39. The Morgan fingerprint density at radius 3 is 3.06 bits per heavy atom. The number of hydrogen-bond acceptors (Lipinski definition) is 3. The van der Waals surface area contributed by atoms with Crippen LogP contribution < -0.4 is 5.32 Å². The molecule has 1 saturated heterocycles. The van der Waals surface area contributed by atoms with Crippen molar-refractivity contribution in [1.29, 1.82) is 0 Å². The first-order valence-electron chi connectivity index (χ1n) is 7.35. The molecule has 1 unspecified atom stereocenters. The summed E-state index contributed by atoms with van der Waals surface area (Å²) in [5.41, 5.74) is 0. The van der Waals surface area contributed by atoms with Crippen LogP contribution in [0, 0.1) is 11.8 Å². The molecular formula is C14H28N2O. The minimum Gasteiger partial charge on any atom is -0.381 e. The van der Waals surface area contributed by atoms with Crippen LogP contribution >= 0.6 is 0 Å². The SMILES string of the molecule is CC1CNCCCN(CCCOCC2CC2)C1. The van der Waals surface area contributed by atoms with E-state index >= 15 is 0 Å². The number of rotatable bonds is 6. The lowest BCUT2D eigenvalue weighted by atomic mass is 10.1. The van der Waals surface area contributed by atoms with Gasteiger partial charge in [0.15, 0.2) is 0 Å². The molecule has 3 heteroatoms. The third-order valence-electron chi connectivity index (χ3n) is 3.70. The fraction of sp³-hybridized carbons (Fsp3) is 1.00. The second-order valence-electron chi connectivity index (χ2n) is 5.84. The van der Waals surface area contributed by atoms with Gasteiger partial charge >= 0.3 is 0 Å². The zero-order chi connectivity index (χ0) is 11.9. The molecule has 1 atom stereocenters. The summed E-state index contributed by atoms with van der Waals surface area (Å²) in [7, 11) is 0. The van der Waals surface area contributed by atoms with Crippen molar-refractivity contribution < 1.29 is 4.74 Å². The van der Waals surface area contributed by atoms with E-state index in [0.29, 0.717) is 0 Å². The Morgan fingerprint density at radius 2 is 2.24 bits per heavy atom. The molecule has 0 aromatic carbocycles. The maximum absolute atomic E-state index is 5.69. The molecule has 2 rings (SSSR count). The smallest absolute Gasteiger partial charge is 0.0494 e. The van der Waals surface area contributed by atoms with Crippen LogP contribution in [0.5, 0.6) is 0 Å². The highest BCUT2D eigenvalue weighted by molar-refractivity contribution is 4.72. The highest BCUT2D eigenvalue weighted by atomic mass is 16.5. The van der Waals surface area contributed by atoms with Crippen LogP contribution in [0.1, 0.15) is 32.6 Å². The summed E-state index contributed by atoms with van der Waals surface area (Å²) in [6.07, 6.45) is 5.29. The molecule has 0 spiro atoms. The molecule has 17 heavy (non-hydrogen) atoms. The van der Waals surface area contributed by atoms with Crippen LogP contribution in [-0.2, 0) is 4.74 Å². The zero-order valence-corrected chi connectivity index (χ0v) is 11.3. The van der Waals surface area contributed by atoms with Crippen molar-refractivity contribution in [2.75, 3.05) is 45.9 Å². The van der Waals surface area contributed by atoms with Gasteiger partial charge in [-0.15, -0.1) is 0 Å². The molecule has 0 aromatic heterocycles. The predicted molar refractivity (Wildman–Crippen MR) is 71.3 cm³/mol. The average molecular weight is 240 g/mol. The highest BCUT2D eigenvalue weighted by Crippen LogP contribution is 2.28. The minimum absolute atomic E-state index is 0.780. The van der Waals surface area contributed by atoms with Gasteiger partial charge in [0.1, 0.15) is 0 Å². The first-order valence-corrected chi connectivity index (χ1v) is 7.35. The maximum Gasteiger partial charge on any atom is 0.0494 e.